The van der Waals surface area contributed by atoms with Crippen molar-refractivity contribution >= 4 is 34.0 Å². The number of carbonyl (C=O) groups excluding carboxylic acids is 1. The molecule has 0 saturated carbocycles. The Morgan fingerprint density at radius 2 is 1.96 bits per heavy atom. The first-order valence-electron chi connectivity index (χ1n) is 8.24. The zero-order chi connectivity index (χ0) is 18.4. The van der Waals surface area contributed by atoms with Crippen LogP contribution in [0.5, 0.6) is 0 Å². The van der Waals surface area contributed by atoms with Crippen LogP contribution in [-0.4, -0.2) is 32.2 Å². The minimum atomic E-state index is -3.38. The summed E-state index contributed by atoms with van der Waals surface area (Å²) >= 11 is 0. The van der Waals surface area contributed by atoms with Crippen molar-refractivity contribution < 1.29 is 13.2 Å². The van der Waals surface area contributed by atoms with Gasteiger partial charge in [-0.25, -0.2) is 8.42 Å². The molecular formula is C17H30ClN3O3S. The van der Waals surface area contributed by atoms with Crippen LogP contribution in [0.2, 0.25) is 0 Å². The van der Waals surface area contributed by atoms with Gasteiger partial charge in [0.1, 0.15) is 0 Å². The highest BCUT2D eigenvalue weighted by Gasteiger charge is 2.26. The van der Waals surface area contributed by atoms with Gasteiger partial charge in [-0.3, -0.25) is 9.52 Å². The molecule has 0 aliphatic carbocycles. The topological polar surface area (TPSA) is 101 Å². The predicted molar refractivity (Wildman–Crippen MR) is 106 cm³/mol. The normalized spacial score (nSPS) is 13.7. The molecule has 0 radical (unpaired) electrons. The molecule has 0 saturated heterocycles. The molecule has 1 atom stereocenters. The molecule has 1 amide bonds. The second-order valence-electron chi connectivity index (χ2n) is 6.82. The van der Waals surface area contributed by atoms with Crippen LogP contribution < -0.4 is 15.8 Å². The standard InChI is InChI=1S/C17H29N3O3S.ClH/c1-5-9-24(22,23)20-15-8-6-7-14(10-15)16(21)19-17(4,12-18)11-13(2)3;/h6-8,10,13,20H,5,9,11-12,18H2,1-4H3,(H,19,21);1H. The van der Waals surface area contributed by atoms with Crippen LogP contribution >= 0.6 is 12.4 Å². The van der Waals surface area contributed by atoms with Gasteiger partial charge in [-0.05, 0) is 43.9 Å². The quantitative estimate of drug-likeness (QED) is 0.602. The van der Waals surface area contributed by atoms with Crippen LogP contribution in [0.1, 0.15) is 50.9 Å². The van der Waals surface area contributed by atoms with E-state index < -0.39 is 15.6 Å². The van der Waals surface area contributed by atoms with Gasteiger partial charge in [-0.15, -0.1) is 12.4 Å². The van der Waals surface area contributed by atoms with Gasteiger partial charge >= 0.3 is 0 Å². The van der Waals surface area contributed by atoms with Gasteiger partial charge < -0.3 is 11.1 Å². The summed E-state index contributed by atoms with van der Waals surface area (Å²) in [6.07, 6.45) is 1.29. The van der Waals surface area contributed by atoms with Crippen molar-refractivity contribution in [3.8, 4) is 0 Å². The van der Waals surface area contributed by atoms with E-state index in [0.717, 1.165) is 6.42 Å². The Bertz CT molecular complexity index is 665. The SMILES string of the molecule is CCCS(=O)(=O)Nc1cccc(C(=O)NC(C)(CN)CC(C)C)c1.Cl. The van der Waals surface area contributed by atoms with Crippen LogP contribution in [0, 0.1) is 5.92 Å². The van der Waals surface area contributed by atoms with E-state index in [1.165, 1.54) is 6.07 Å². The van der Waals surface area contributed by atoms with Crippen molar-refractivity contribution in [2.24, 2.45) is 11.7 Å². The number of carbonyl (C=O) groups is 1. The maximum absolute atomic E-state index is 12.5. The third kappa shape index (κ3) is 8.07. The fourth-order valence-corrected chi connectivity index (χ4v) is 3.78. The molecule has 0 bridgehead atoms. The lowest BCUT2D eigenvalue weighted by atomic mass is 9.90. The smallest absolute Gasteiger partial charge is 0.251 e. The Kier molecular flexibility index (Phi) is 9.47. The lowest BCUT2D eigenvalue weighted by Crippen LogP contribution is -2.52. The molecule has 0 fully saturated rings. The lowest BCUT2D eigenvalue weighted by molar-refractivity contribution is 0.0898. The van der Waals surface area contributed by atoms with E-state index >= 15 is 0 Å². The van der Waals surface area contributed by atoms with Gasteiger partial charge in [-0.1, -0.05) is 26.8 Å². The van der Waals surface area contributed by atoms with Gasteiger partial charge in [0.05, 0.1) is 5.75 Å². The summed E-state index contributed by atoms with van der Waals surface area (Å²) in [5.74, 6) is 0.175. The first kappa shape index (κ1) is 23.7. The third-order valence-electron chi connectivity index (χ3n) is 3.60. The van der Waals surface area contributed by atoms with Crippen molar-refractivity contribution in [3.05, 3.63) is 29.8 Å². The Balaban J connectivity index is 0.00000576. The number of nitrogens with one attached hydrogen (secondary N) is 2. The van der Waals surface area contributed by atoms with Gasteiger partial charge in [0.2, 0.25) is 10.0 Å². The molecule has 0 aliphatic heterocycles. The summed E-state index contributed by atoms with van der Waals surface area (Å²) in [5, 5.41) is 2.96. The predicted octanol–water partition coefficient (Wildman–Crippen LogP) is 2.75. The number of halogens is 1. The zero-order valence-electron chi connectivity index (χ0n) is 15.3. The summed E-state index contributed by atoms with van der Waals surface area (Å²) in [4.78, 5) is 12.5. The van der Waals surface area contributed by atoms with Crippen molar-refractivity contribution in [3.63, 3.8) is 0 Å². The fraction of sp³-hybridized carbons (Fsp3) is 0.588. The monoisotopic (exact) mass is 391 g/mol. The number of nitrogens with two attached hydrogens (primary N) is 1. The van der Waals surface area contributed by atoms with Crippen LogP contribution in [0.4, 0.5) is 5.69 Å². The molecule has 0 spiro atoms. The van der Waals surface area contributed by atoms with E-state index in [-0.39, 0.29) is 24.1 Å². The molecule has 144 valence electrons. The number of rotatable bonds is 9. The summed E-state index contributed by atoms with van der Waals surface area (Å²) in [6, 6.07) is 6.47. The van der Waals surface area contributed by atoms with E-state index in [1.54, 1.807) is 25.1 Å². The Labute approximate surface area is 157 Å². The molecule has 25 heavy (non-hydrogen) atoms. The molecular weight excluding hydrogens is 362 g/mol. The first-order valence-corrected chi connectivity index (χ1v) is 9.89. The Hall–Kier alpha value is -1.31. The highest BCUT2D eigenvalue weighted by Crippen LogP contribution is 2.18. The number of amides is 1. The first-order chi connectivity index (χ1) is 11.1. The maximum Gasteiger partial charge on any atom is 0.251 e. The van der Waals surface area contributed by atoms with Gasteiger partial charge in [0, 0.05) is 23.3 Å². The molecule has 6 nitrogen and oxygen atoms in total. The van der Waals surface area contributed by atoms with Crippen LogP contribution in [0.25, 0.3) is 0 Å². The van der Waals surface area contributed by atoms with E-state index in [0.29, 0.717) is 30.1 Å². The summed E-state index contributed by atoms with van der Waals surface area (Å²) in [7, 11) is -3.38. The molecule has 8 heteroatoms. The minimum Gasteiger partial charge on any atom is -0.346 e. The molecule has 1 aromatic carbocycles. The molecule has 1 aromatic rings. The highest BCUT2D eigenvalue weighted by molar-refractivity contribution is 7.92. The highest BCUT2D eigenvalue weighted by atomic mass is 35.5. The number of anilines is 1. The number of hydrogen-bond acceptors (Lipinski definition) is 4. The van der Waals surface area contributed by atoms with E-state index in [4.69, 9.17) is 5.73 Å². The molecule has 1 rings (SSSR count). The van der Waals surface area contributed by atoms with Crippen molar-refractivity contribution in [1.29, 1.82) is 0 Å². The average molecular weight is 392 g/mol. The number of sulfonamides is 1. The zero-order valence-corrected chi connectivity index (χ0v) is 17.0. The average Bonchev–Trinajstić information content (AvgIpc) is 2.46. The summed E-state index contributed by atoms with van der Waals surface area (Å²) < 4.78 is 26.2. The molecule has 1 unspecified atom stereocenters. The molecule has 0 aliphatic rings. The Morgan fingerprint density at radius 1 is 1.32 bits per heavy atom. The maximum atomic E-state index is 12.5. The van der Waals surface area contributed by atoms with E-state index in [9.17, 15) is 13.2 Å². The molecule has 4 N–H and O–H groups in total. The van der Waals surface area contributed by atoms with E-state index in [1.807, 2.05) is 6.92 Å². The largest absolute Gasteiger partial charge is 0.346 e. The van der Waals surface area contributed by atoms with Crippen LogP contribution in [0.3, 0.4) is 0 Å². The van der Waals surface area contributed by atoms with Crippen molar-refractivity contribution in [2.45, 2.75) is 46.1 Å². The third-order valence-corrected chi connectivity index (χ3v) is 5.09. The number of hydrogen-bond donors (Lipinski definition) is 3. The van der Waals surface area contributed by atoms with Gasteiger partial charge in [0.25, 0.3) is 5.91 Å². The van der Waals surface area contributed by atoms with Crippen LogP contribution in [0.15, 0.2) is 24.3 Å². The van der Waals surface area contributed by atoms with Crippen molar-refractivity contribution in [1.82, 2.24) is 5.32 Å². The lowest BCUT2D eigenvalue weighted by Gasteiger charge is -2.31. The van der Waals surface area contributed by atoms with E-state index in [2.05, 4.69) is 23.9 Å². The van der Waals surface area contributed by atoms with Gasteiger partial charge in [-0.2, -0.15) is 0 Å². The van der Waals surface area contributed by atoms with Gasteiger partial charge in [0.15, 0.2) is 0 Å². The Morgan fingerprint density at radius 3 is 2.48 bits per heavy atom. The number of benzene rings is 1. The molecule has 0 aromatic heterocycles. The van der Waals surface area contributed by atoms with Crippen LogP contribution in [-0.2, 0) is 10.0 Å². The second kappa shape index (κ2) is 9.99. The van der Waals surface area contributed by atoms with Crippen molar-refractivity contribution in [2.75, 3.05) is 17.0 Å². The fourth-order valence-electron chi connectivity index (χ4n) is 2.66. The minimum absolute atomic E-state index is 0. The second-order valence-corrected chi connectivity index (χ2v) is 8.66. The summed E-state index contributed by atoms with van der Waals surface area (Å²) in [5.41, 5.74) is 6.11. The molecule has 0 heterocycles. The summed E-state index contributed by atoms with van der Waals surface area (Å²) in [6.45, 7) is 8.19.